The summed E-state index contributed by atoms with van der Waals surface area (Å²) in [6.07, 6.45) is 2.60. The summed E-state index contributed by atoms with van der Waals surface area (Å²) in [4.78, 5) is 13.9. The van der Waals surface area contributed by atoms with Gasteiger partial charge in [0.15, 0.2) is 0 Å². The molecule has 1 aliphatic heterocycles. The van der Waals surface area contributed by atoms with Gasteiger partial charge < -0.3 is 10.6 Å². The summed E-state index contributed by atoms with van der Waals surface area (Å²) < 4.78 is 0. The third-order valence-electron chi connectivity index (χ3n) is 5.02. The summed E-state index contributed by atoms with van der Waals surface area (Å²) >= 11 is 0. The average Bonchev–Trinajstić information content (AvgIpc) is 3.24. The topological polar surface area (TPSA) is 84.7 Å². The van der Waals surface area contributed by atoms with Gasteiger partial charge in [0.05, 0.1) is 6.54 Å². The van der Waals surface area contributed by atoms with E-state index >= 15 is 0 Å². The third-order valence-corrected chi connectivity index (χ3v) is 5.02. The minimum absolute atomic E-state index is 0. The van der Waals surface area contributed by atoms with Crippen LogP contribution in [0.2, 0.25) is 0 Å². The van der Waals surface area contributed by atoms with Gasteiger partial charge in [-0.2, -0.15) is 4.80 Å². The molecule has 2 aromatic carbocycles. The number of aryl methyl sites for hydroxylation is 2. The van der Waals surface area contributed by atoms with Crippen molar-refractivity contribution in [2.45, 2.75) is 25.8 Å². The van der Waals surface area contributed by atoms with Crippen LogP contribution >= 0.6 is 12.4 Å². The van der Waals surface area contributed by atoms with Crippen molar-refractivity contribution in [3.63, 3.8) is 0 Å². The highest BCUT2D eigenvalue weighted by Gasteiger charge is 2.20. The van der Waals surface area contributed by atoms with Crippen LogP contribution in [0.15, 0.2) is 54.6 Å². The van der Waals surface area contributed by atoms with E-state index in [-0.39, 0.29) is 24.2 Å². The van der Waals surface area contributed by atoms with E-state index in [1.54, 1.807) is 4.80 Å². The number of carbonyl (C=O) groups excluding carboxylic acids is 1. The Morgan fingerprint density at radius 1 is 1.07 bits per heavy atom. The number of anilines is 1. The quantitative estimate of drug-likeness (QED) is 0.650. The number of hydrogen-bond donors (Lipinski definition) is 2. The molecule has 29 heavy (non-hydrogen) atoms. The summed E-state index contributed by atoms with van der Waals surface area (Å²) in [6.45, 7) is 2.49. The van der Waals surface area contributed by atoms with Crippen molar-refractivity contribution in [2.24, 2.45) is 5.92 Å². The smallest absolute Gasteiger partial charge is 0.227 e. The van der Waals surface area contributed by atoms with Crippen LogP contribution in [-0.2, 0) is 17.8 Å². The molecular formula is C21H25ClN6O. The predicted molar refractivity (Wildman–Crippen MR) is 115 cm³/mol. The number of piperidine rings is 1. The normalized spacial score (nSPS) is 14.2. The molecular weight excluding hydrogens is 388 g/mol. The number of carbonyl (C=O) groups is 1. The first-order valence-electron chi connectivity index (χ1n) is 9.72. The van der Waals surface area contributed by atoms with Crippen molar-refractivity contribution in [3.05, 3.63) is 60.2 Å². The Kier molecular flexibility index (Phi) is 7.32. The lowest BCUT2D eigenvalue weighted by Crippen LogP contribution is -2.34. The molecule has 0 spiro atoms. The van der Waals surface area contributed by atoms with E-state index in [1.165, 1.54) is 5.56 Å². The summed E-state index contributed by atoms with van der Waals surface area (Å²) in [5.74, 6) is 0.865. The van der Waals surface area contributed by atoms with E-state index in [1.807, 2.05) is 54.6 Å². The van der Waals surface area contributed by atoms with Crippen LogP contribution in [0.4, 0.5) is 5.69 Å². The van der Waals surface area contributed by atoms with Gasteiger partial charge in [0, 0.05) is 17.2 Å². The van der Waals surface area contributed by atoms with Crippen molar-refractivity contribution in [2.75, 3.05) is 18.4 Å². The number of amides is 1. The second-order valence-electron chi connectivity index (χ2n) is 7.04. The number of benzene rings is 2. The van der Waals surface area contributed by atoms with Crippen molar-refractivity contribution < 1.29 is 4.79 Å². The van der Waals surface area contributed by atoms with Gasteiger partial charge in [-0.15, -0.1) is 22.6 Å². The lowest BCUT2D eigenvalue weighted by atomic mass is 9.97. The molecule has 8 heteroatoms. The fourth-order valence-corrected chi connectivity index (χ4v) is 3.35. The Balaban J connectivity index is 0.00000240. The van der Waals surface area contributed by atoms with Crippen LogP contribution in [0.5, 0.6) is 0 Å². The molecule has 0 unspecified atom stereocenters. The van der Waals surface area contributed by atoms with Gasteiger partial charge in [0.2, 0.25) is 11.7 Å². The monoisotopic (exact) mass is 412 g/mol. The second kappa shape index (κ2) is 10.1. The van der Waals surface area contributed by atoms with Gasteiger partial charge in [-0.05, 0) is 55.3 Å². The van der Waals surface area contributed by atoms with Crippen LogP contribution in [0, 0.1) is 5.92 Å². The van der Waals surface area contributed by atoms with Crippen molar-refractivity contribution >= 4 is 24.0 Å². The van der Waals surface area contributed by atoms with E-state index < -0.39 is 0 Å². The standard InChI is InChI=1S/C21H24N6O.ClH/c28-21(18-10-13-22-14-11-18)23-19-8-6-16(7-9-19)12-15-27-25-20(24-26-27)17-4-2-1-3-5-17;/h1-9,18,22H,10-15H2,(H,23,28);1H. The first-order valence-corrected chi connectivity index (χ1v) is 9.72. The Morgan fingerprint density at radius 3 is 2.52 bits per heavy atom. The first kappa shape index (κ1) is 21.0. The second-order valence-corrected chi connectivity index (χ2v) is 7.04. The molecule has 1 aromatic heterocycles. The fourth-order valence-electron chi connectivity index (χ4n) is 3.35. The number of hydrogen-bond acceptors (Lipinski definition) is 5. The number of halogens is 1. The summed E-state index contributed by atoms with van der Waals surface area (Å²) in [5, 5.41) is 19.0. The molecule has 1 fully saturated rings. The minimum atomic E-state index is 0. The molecule has 1 aliphatic rings. The van der Waals surface area contributed by atoms with E-state index in [0.717, 1.165) is 43.6 Å². The number of nitrogens with zero attached hydrogens (tertiary/aromatic N) is 4. The van der Waals surface area contributed by atoms with Gasteiger partial charge in [0.1, 0.15) is 0 Å². The molecule has 0 radical (unpaired) electrons. The largest absolute Gasteiger partial charge is 0.326 e. The fraction of sp³-hybridized carbons (Fsp3) is 0.333. The minimum Gasteiger partial charge on any atom is -0.326 e. The average molecular weight is 413 g/mol. The Morgan fingerprint density at radius 2 is 1.79 bits per heavy atom. The van der Waals surface area contributed by atoms with Crippen LogP contribution in [-0.4, -0.2) is 39.2 Å². The number of rotatable bonds is 6. The van der Waals surface area contributed by atoms with Crippen LogP contribution in [0.1, 0.15) is 18.4 Å². The molecule has 152 valence electrons. The zero-order valence-corrected chi connectivity index (χ0v) is 16.9. The maximum atomic E-state index is 12.3. The van der Waals surface area contributed by atoms with E-state index in [0.29, 0.717) is 12.4 Å². The molecule has 3 aromatic rings. The molecule has 1 saturated heterocycles. The summed E-state index contributed by atoms with van der Waals surface area (Å²) in [5.41, 5.74) is 2.97. The van der Waals surface area contributed by atoms with Crippen molar-refractivity contribution in [3.8, 4) is 11.4 Å². The maximum Gasteiger partial charge on any atom is 0.227 e. The predicted octanol–water partition coefficient (Wildman–Crippen LogP) is 2.94. The Hall–Kier alpha value is -2.77. The molecule has 1 amide bonds. The summed E-state index contributed by atoms with van der Waals surface area (Å²) in [7, 11) is 0. The van der Waals surface area contributed by atoms with Gasteiger partial charge in [-0.3, -0.25) is 4.79 Å². The number of nitrogens with one attached hydrogen (secondary N) is 2. The lowest BCUT2D eigenvalue weighted by Gasteiger charge is -2.21. The van der Waals surface area contributed by atoms with E-state index in [9.17, 15) is 4.79 Å². The first-order chi connectivity index (χ1) is 13.8. The van der Waals surface area contributed by atoms with Crippen LogP contribution < -0.4 is 10.6 Å². The highest BCUT2D eigenvalue weighted by molar-refractivity contribution is 5.92. The number of tetrazole rings is 1. The summed E-state index contributed by atoms with van der Waals surface area (Å²) in [6, 6.07) is 17.8. The number of aromatic nitrogens is 4. The van der Waals surface area contributed by atoms with E-state index in [4.69, 9.17) is 0 Å². The molecule has 2 heterocycles. The third kappa shape index (κ3) is 5.62. The highest BCUT2D eigenvalue weighted by Crippen LogP contribution is 2.17. The zero-order chi connectivity index (χ0) is 19.2. The van der Waals surface area contributed by atoms with E-state index in [2.05, 4.69) is 26.0 Å². The zero-order valence-electron chi connectivity index (χ0n) is 16.1. The van der Waals surface area contributed by atoms with Gasteiger partial charge in [0.25, 0.3) is 0 Å². The van der Waals surface area contributed by atoms with Gasteiger partial charge >= 0.3 is 0 Å². The molecule has 0 saturated carbocycles. The Bertz CT molecular complexity index is 906. The lowest BCUT2D eigenvalue weighted by molar-refractivity contribution is -0.120. The molecule has 0 atom stereocenters. The van der Waals surface area contributed by atoms with Crippen molar-refractivity contribution in [1.29, 1.82) is 0 Å². The van der Waals surface area contributed by atoms with Crippen LogP contribution in [0.3, 0.4) is 0 Å². The van der Waals surface area contributed by atoms with Crippen molar-refractivity contribution in [1.82, 2.24) is 25.5 Å². The molecule has 4 rings (SSSR count). The van der Waals surface area contributed by atoms with Gasteiger partial charge in [-0.25, -0.2) is 0 Å². The van der Waals surface area contributed by atoms with Gasteiger partial charge in [-0.1, -0.05) is 42.5 Å². The SMILES string of the molecule is Cl.O=C(Nc1ccc(CCn2nnc(-c3ccccc3)n2)cc1)C1CCNCC1. The molecule has 7 nitrogen and oxygen atoms in total. The molecule has 0 bridgehead atoms. The maximum absolute atomic E-state index is 12.3. The molecule has 2 N–H and O–H groups in total. The Labute approximate surface area is 176 Å². The van der Waals surface area contributed by atoms with Crippen LogP contribution in [0.25, 0.3) is 11.4 Å². The highest BCUT2D eigenvalue weighted by atomic mass is 35.5. The molecule has 0 aliphatic carbocycles.